The van der Waals surface area contributed by atoms with Crippen LogP contribution in [0.4, 0.5) is 5.95 Å². The summed E-state index contributed by atoms with van der Waals surface area (Å²) >= 11 is 0. The fourth-order valence-electron chi connectivity index (χ4n) is 3.35. The highest BCUT2D eigenvalue weighted by molar-refractivity contribution is 5.81. The predicted molar refractivity (Wildman–Crippen MR) is 112 cm³/mol. The molecule has 0 amide bonds. The van der Waals surface area contributed by atoms with Crippen LogP contribution < -0.4 is 10.5 Å². The van der Waals surface area contributed by atoms with Gasteiger partial charge in [-0.25, -0.2) is 9.97 Å². The van der Waals surface area contributed by atoms with Crippen molar-refractivity contribution in [3.05, 3.63) is 59.8 Å². The van der Waals surface area contributed by atoms with Gasteiger partial charge in [0.1, 0.15) is 5.75 Å². The zero-order chi connectivity index (χ0) is 18.9. The summed E-state index contributed by atoms with van der Waals surface area (Å²) in [6, 6.07) is 16.3. The molecule has 0 aliphatic rings. The molecule has 0 atom stereocenters. The van der Waals surface area contributed by atoms with Crippen LogP contribution in [0.5, 0.6) is 5.75 Å². The minimum absolute atomic E-state index is 0.373. The van der Waals surface area contributed by atoms with Crippen molar-refractivity contribution >= 4 is 16.9 Å². The van der Waals surface area contributed by atoms with Crippen molar-refractivity contribution in [2.75, 3.05) is 12.3 Å². The Bertz CT molecular complexity index is 863. The van der Waals surface area contributed by atoms with Crippen LogP contribution in [0.25, 0.3) is 10.9 Å². The normalized spacial score (nSPS) is 11.0. The van der Waals surface area contributed by atoms with Crippen molar-refractivity contribution in [3.63, 3.8) is 0 Å². The summed E-state index contributed by atoms with van der Waals surface area (Å²) < 4.78 is 5.85. The maximum absolute atomic E-state index is 5.85. The van der Waals surface area contributed by atoms with Gasteiger partial charge >= 0.3 is 0 Å². The van der Waals surface area contributed by atoms with Gasteiger partial charge in [0.15, 0.2) is 0 Å². The van der Waals surface area contributed by atoms with Crippen molar-refractivity contribution in [1.82, 2.24) is 9.97 Å². The first-order valence-electron chi connectivity index (χ1n) is 9.93. The SMILES string of the molecule is Cc1ccccc1OCCCCCCCCc1nc(N)nc2ccccc12. The first-order valence-corrected chi connectivity index (χ1v) is 9.93. The van der Waals surface area contributed by atoms with Gasteiger partial charge in [-0.2, -0.15) is 0 Å². The minimum Gasteiger partial charge on any atom is -0.493 e. The fraction of sp³-hybridized carbons (Fsp3) is 0.391. The third kappa shape index (κ3) is 5.68. The Hall–Kier alpha value is -2.62. The number of nitrogen functional groups attached to an aromatic ring is 1. The number of nitrogens with two attached hydrogens (primary N) is 1. The number of anilines is 1. The number of ether oxygens (including phenoxy) is 1. The van der Waals surface area contributed by atoms with Gasteiger partial charge in [-0.1, -0.05) is 62.1 Å². The highest BCUT2D eigenvalue weighted by Crippen LogP contribution is 2.19. The van der Waals surface area contributed by atoms with Crippen molar-refractivity contribution in [3.8, 4) is 5.75 Å². The molecule has 0 aliphatic carbocycles. The van der Waals surface area contributed by atoms with Crippen LogP contribution in [0.3, 0.4) is 0 Å². The average molecular weight is 364 g/mol. The van der Waals surface area contributed by atoms with E-state index in [1.807, 2.05) is 36.4 Å². The molecule has 2 aromatic carbocycles. The van der Waals surface area contributed by atoms with E-state index >= 15 is 0 Å². The van der Waals surface area contributed by atoms with E-state index in [1.165, 1.54) is 31.2 Å². The number of fused-ring (bicyclic) bond motifs is 1. The van der Waals surface area contributed by atoms with Crippen LogP contribution in [0, 0.1) is 6.92 Å². The summed E-state index contributed by atoms with van der Waals surface area (Å²) in [5, 5.41) is 1.13. The molecule has 27 heavy (non-hydrogen) atoms. The molecule has 0 spiro atoms. The Kier molecular flexibility index (Phi) is 7.03. The molecule has 142 valence electrons. The van der Waals surface area contributed by atoms with E-state index in [0.717, 1.165) is 48.2 Å². The zero-order valence-electron chi connectivity index (χ0n) is 16.2. The van der Waals surface area contributed by atoms with E-state index in [4.69, 9.17) is 10.5 Å². The summed E-state index contributed by atoms with van der Waals surface area (Å²) in [6.07, 6.45) is 8.16. The lowest BCUT2D eigenvalue weighted by molar-refractivity contribution is 0.302. The second kappa shape index (κ2) is 9.91. The Morgan fingerprint density at radius 3 is 2.37 bits per heavy atom. The van der Waals surface area contributed by atoms with E-state index in [9.17, 15) is 0 Å². The largest absolute Gasteiger partial charge is 0.493 e. The number of hydrogen-bond donors (Lipinski definition) is 1. The molecule has 2 N–H and O–H groups in total. The van der Waals surface area contributed by atoms with Crippen LogP contribution in [0.1, 0.15) is 49.8 Å². The van der Waals surface area contributed by atoms with Crippen molar-refractivity contribution in [2.24, 2.45) is 0 Å². The lowest BCUT2D eigenvalue weighted by atomic mass is 10.1. The molecular formula is C23H29N3O. The summed E-state index contributed by atoms with van der Waals surface area (Å²) in [4.78, 5) is 8.75. The second-order valence-electron chi connectivity index (χ2n) is 7.03. The molecule has 1 heterocycles. The van der Waals surface area contributed by atoms with Crippen LogP contribution >= 0.6 is 0 Å². The molecule has 0 fully saturated rings. The standard InChI is InChI=1S/C23H29N3O/c1-18-12-7-10-16-22(18)27-17-11-5-3-2-4-6-14-20-19-13-8-9-15-21(19)26-23(24)25-20/h7-10,12-13,15-16H,2-6,11,14,17H2,1H3,(H2,24,25,26). The maximum Gasteiger partial charge on any atom is 0.220 e. The quantitative estimate of drug-likeness (QED) is 0.484. The Morgan fingerprint density at radius 1 is 0.815 bits per heavy atom. The zero-order valence-corrected chi connectivity index (χ0v) is 16.2. The van der Waals surface area contributed by atoms with Crippen molar-refractivity contribution in [1.29, 1.82) is 0 Å². The fourth-order valence-corrected chi connectivity index (χ4v) is 3.35. The highest BCUT2D eigenvalue weighted by atomic mass is 16.5. The molecule has 3 aromatic rings. The van der Waals surface area contributed by atoms with Crippen LogP contribution in [0.15, 0.2) is 48.5 Å². The monoisotopic (exact) mass is 363 g/mol. The van der Waals surface area contributed by atoms with Gasteiger partial charge < -0.3 is 10.5 Å². The molecule has 1 aromatic heterocycles. The topological polar surface area (TPSA) is 61.0 Å². The van der Waals surface area contributed by atoms with Crippen molar-refractivity contribution < 1.29 is 4.74 Å². The molecule has 0 aliphatic heterocycles. The number of benzene rings is 2. The van der Waals surface area contributed by atoms with Gasteiger partial charge in [0.2, 0.25) is 5.95 Å². The van der Waals surface area contributed by atoms with Gasteiger partial charge in [0, 0.05) is 5.39 Å². The minimum atomic E-state index is 0.373. The molecule has 4 heteroatoms. The van der Waals surface area contributed by atoms with E-state index in [0.29, 0.717) is 5.95 Å². The molecule has 0 unspecified atom stereocenters. The summed E-state index contributed by atoms with van der Waals surface area (Å²) in [5.74, 6) is 1.38. The third-order valence-corrected chi connectivity index (χ3v) is 4.86. The maximum atomic E-state index is 5.85. The third-order valence-electron chi connectivity index (χ3n) is 4.86. The van der Waals surface area contributed by atoms with Crippen molar-refractivity contribution in [2.45, 2.75) is 51.9 Å². The van der Waals surface area contributed by atoms with Gasteiger partial charge in [0.05, 0.1) is 17.8 Å². The number of aromatic nitrogens is 2. The Balaban J connectivity index is 1.31. The average Bonchev–Trinajstić information content (AvgIpc) is 2.67. The Labute approximate surface area is 161 Å². The molecule has 4 nitrogen and oxygen atoms in total. The number of nitrogens with zero attached hydrogens (tertiary/aromatic N) is 2. The predicted octanol–water partition coefficient (Wildman–Crippen LogP) is 5.48. The number of aryl methyl sites for hydroxylation is 2. The molecule has 0 saturated carbocycles. The number of para-hydroxylation sites is 2. The van der Waals surface area contributed by atoms with Gasteiger partial charge in [-0.3, -0.25) is 0 Å². The van der Waals surface area contributed by atoms with E-state index in [1.54, 1.807) is 0 Å². The van der Waals surface area contributed by atoms with E-state index in [-0.39, 0.29) is 0 Å². The first-order chi connectivity index (χ1) is 13.2. The summed E-state index contributed by atoms with van der Waals surface area (Å²) in [7, 11) is 0. The molecule has 3 rings (SSSR count). The number of hydrogen-bond acceptors (Lipinski definition) is 4. The number of unbranched alkanes of at least 4 members (excludes halogenated alkanes) is 5. The lowest BCUT2D eigenvalue weighted by Crippen LogP contribution is -2.01. The molecule has 0 radical (unpaired) electrons. The smallest absolute Gasteiger partial charge is 0.220 e. The van der Waals surface area contributed by atoms with Gasteiger partial charge in [-0.15, -0.1) is 0 Å². The molecule has 0 saturated heterocycles. The van der Waals surface area contributed by atoms with Crippen LogP contribution in [-0.4, -0.2) is 16.6 Å². The van der Waals surface area contributed by atoms with Gasteiger partial charge in [0.25, 0.3) is 0 Å². The molecular weight excluding hydrogens is 334 g/mol. The second-order valence-corrected chi connectivity index (χ2v) is 7.03. The summed E-state index contributed by atoms with van der Waals surface area (Å²) in [5.41, 5.74) is 9.06. The summed E-state index contributed by atoms with van der Waals surface area (Å²) in [6.45, 7) is 2.89. The van der Waals surface area contributed by atoms with E-state index < -0.39 is 0 Å². The molecule has 0 bridgehead atoms. The van der Waals surface area contributed by atoms with Crippen LogP contribution in [-0.2, 0) is 6.42 Å². The number of rotatable bonds is 10. The first kappa shape index (κ1) is 19.2. The van der Waals surface area contributed by atoms with Crippen LogP contribution in [0.2, 0.25) is 0 Å². The van der Waals surface area contributed by atoms with E-state index in [2.05, 4.69) is 29.0 Å². The Morgan fingerprint density at radius 2 is 1.52 bits per heavy atom. The lowest BCUT2D eigenvalue weighted by Gasteiger charge is -2.08. The highest BCUT2D eigenvalue weighted by Gasteiger charge is 2.05. The van der Waals surface area contributed by atoms with Gasteiger partial charge in [-0.05, 0) is 43.9 Å².